The Morgan fingerprint density at radius 2 is 1.30 bits per heavy atom. The molecule has 0 aromatic heterocycles. The van der Waals surface area contributed by atoms with Crippen LogP contribution in [0.5, 0.6) is 0 Å². The highest BCUT2D eigenvalue weighted by Crippen LogP contribution is 2.38. The quantitative estimate of drug-likeness (QED) is 0.321. The molecule has 168 valence electrons. The summed E-state index contributed by atoms with van der Waals surface area (Å²) in [6.07, 6.45) is -4.41. The minimum Gasteiger partial charge on any atom is -0.376 e. The van der Waals surface area contributed by atoms with Gasteiger partial charge in [-0.2, -0.15) is 13.2 Å². The first-order chi connectivity index (χ1) is 15.8. The Balaban J connectivity index is 1.77. The van der Waals surface area contributed by atoms with Crippen LogP contribution in [0.4, 0.5) is 18.9 Å². The number of nitrogens with two attached hydrogens (primary N) is 1. The zero-order valence-electron chi connectivity index (χ0n) is 18.2. The van der Waals surface area contributed by atoms with Crippen molar-refractivity contribution in [2.24, 2.45) is 5.73 Å². The van der Waals surface area contributed by atoms with E-state index in [0.717, 1.165) is 22.9 Å². The summed E-state index contributed by atoms with van der Waals surface area (Å²) >= 11 is 0. The number of anilines is 1. The molecule has 0 radical (unpaired) electrons. The largest absolute Gasteiger partial charge is 0.416 e. The third-order valence-electron chi connectivity index (χ3n) is 5.66. The maximum Gasteiger partial charge on any atom is 0.416 e. The van der Waals surface area contributed by atoms with Crippen molar-refractivity contribution in [3.8, 4) is 11.1 Å². The lowest BCUT2D eigenvalue weighted by Crippen LogP contribution is -2.26. The standard InChI is InChI=1S/C28H25F3N2/c1-19-16-22(18-23(17-19)28(29,30)31)24-14-8-9-15-25(24)33-27(21-12-6-3-7-13-21)26(32)20-10-4-2-5-11-20/h2-18,26-27,33H,32H2,1H3/t26-,27-/m0/s1. The summed E-state index contributed by atoms with van der Waals surface area (Å²) in [5.41, 5.74) is 10.5. The molecular weight excluding hydrogens is 421 g/mol. The monoisotopic (exact) mass is 446 g/mol. The zero-order chi connectivity index (χ0) is 23.4. The summed E-state index contributed by atoms with van der Waals surface area (Å²) in [5.74, 6) is 0. The van der Waals surface area contributed by atoms with Crippen molar-refractivity contribution in [3.63, 3.8) is 0 Å². The van der Waals surface area contributed by atoms with Crippen molar-refractivity contribution in [2.75, 3.05) is 5.32 Å². The number of benzene rings is 4. The van der Waals surface area contributed by atoms with Crippen LogP contribution in [0.25, 0.3) is 11.1 Å². The van der Waals surface area contributed by atoms with Gasteiger partial charge in [0.1, 0.15) is 0 Å². The van der Waals surface area contributed by atoms with Gasteiger partial charge in [0.2, 0.25) is 0 Å². The average molecular weight is 447 g/mol. The highest BCUT2D eigenvalue weighted by molar-refractivity contribution is 5.79. The number of halogens is 3. The zero-order valence-corrected chi connectivity index (χ0v) is 18.2. The summed E-state index contributed by atoms with van der Waals surface area (Å²) in [6, 6.07) is 30.5. The van der Waals surface area contributed by atoms with E-state index >= 15 is 0 Å². The van der Waals surface area contributed by atoms with E-state index in [0.29, 0.717) is 16.7 Å². The molecule has 0 fully saturated rings. The summed E-state index contributed by atoms with van der Waals surface area (Å²) in [4.78, 5) is 0. The van der Waals surface area contributed by atoms with Crippen LogP contribution in [-0.4, -0.2) is 0 Å². The molecule has 2 nitrogen and oxygen atoms in total. The Morgan fingerprint density at radius 1 is 0.727 bits per heavy atom. The van der Waals surface area contributed by atoms with Crippen LogP contribution in [-0.2, 0) is 6.18 Å². The molecule has 0 heterocycles. The Labute approximate surface area is 191 Å². The Bertz CT molecular complexity index is 1200. The summed E-state index contributed by atoms with van der Waals surface area (Å²) in [7, 11) is 0. The third kappa shape index (κ3) is 5.26. The molecule has 5 heteroatoms. The van der Waals surface area contributed by atoms with Crippen LogP contribution in [0.3, 0.4) is 0 Å². The first kappa shape index (κ1) is 22.6. The average Bonchev–Trinajstić information content (AvgIpc) is 2.82. The topological polar surface area (TPSA) is 38.0 Å². The summed E-state index contributed by atoms with van der Waals surface area (Å²) in [6.45, 7) is 1.67. The summed E-state index contributed by atoms with van der Waals surface area (Å²) in [5, 5.41) is 3.53. The molecular formula is C28H25F3N2. The highest BCUT2D eigenvalue weighted by Gasteiger charge is 2.31. The number of nitrogens with one attached hydrogen (secondary N) is 1. The van der Waals surface area contributed by atoms with E-state index in [1.165, 1.54) is 6.07 Å². The molecule has 0 unspecified atom stereocenters. The van der Waals surface area contributed by atoms with Crippen molar-refractivity contribution in [2.45, 2.75) is 25.2 Å². The molecule has 3 N–H and O–H groups in total. The van der Waals surface area contributed by atoms with E-state index in [-0.39, 0.29) is 12.1 Å². The van der Waals surface area contributed by atoms with Gasteiger partial charge in [0.25, 0.3) is 0 Å². The molecule has 0 spiro atoms. The number of aryl methyl sites for hydroxylation is 1. The second-order valence-corrected chi connectivity index (χ2v) is 8.10. The van der Waals surface area contributed by atoms with Crippen molar-refractivity contribution < 1.29 is 13.2 Å². The van der Waals surface area contributed by atoms with E-state index in [1.807, 2.05) is 84.9 Å². The number of hydrogen-bond acceptors (Lipinski definition) is 2. The lowest BCUT2D eigenvalue weighted by atomic mass is 9.92. The third-order valence-corrected chi connectivity index (χ3v) is 5.66. The van der Waals surface area contributed by atoms with E-state index in [1.54, 1.807) is 13.0 Å². The van der Waals surface area contributed by atoms with Crippen molar-refractivity contribution in [1.82, 2.24) is 0 Å². The smallest absolute Gasteiger partial charge is 0.376 e. The number of rotatable bonds is 6. The first-order valence-electron chi connectivity index (χ1n) is 10.7. The minimum atomic E-state index is -4.41. The van der Waals surface area contributed by atoms with Gasteiger partial charge in [-0.3, -0.25) is 0 Å². The number of hydrogen-bond donors (Lipinski definition) is 2. The molecule has 4 aromatic rings. The number of para-hydroxylation sites is 1. The van der Waals surface area contributed by atoms with E-state index in [4.69, 9.17) is 5.73 Å². The fourth-order valence-corrected chi connectivity index (χ4v) is 4.04. The molecule has 33 heavy (non-hydrogen) atoms. The van der Waals surface area contributed by atoms with Crippen molar-refractivity contribution in [3.05, 3.63) is 125 Å². The van der Waals surface area contributed by atoms with Crippen LogP contribution >= 0.6 is 0 Å². The predicted octanol–water partition coefficient (Wildman–Crippen LogP) is 7.53. The second kappa shape index (κ2) is 9.51. The van der Waals surface area contributed by atoms with Crippen LogP contribution in [0.1, 0.15) is 34.3 Å². The lowest BCUT2D eigenvalue weighted by Gasteiger charge is -2.28. The fourth-order valence-electron chi connectivity index (χ4n) is 4.04. The fraction of sp³-hybridized carbons (Fsp3) is 0.143. The first-order valence-corrected chi connectivity index (χ1v) is 10.7. The van der Waals surface area contributed by atoms with Crippen LogP contribution < -0.4 is 11.1 Å². The highest BCUT2D eigenvalue weighted by atomic mass is 19.4. The Kier molecular flexibility index (Phi) is 6.52. The van der Waals surface area contributed by atoms with Gasteiger partial charge in [-0.15, -0.1) is 0 Å². The van der Waals surface area contributed by atoms with E-state index in [9.17, 15) is 13.2 Å². The molecule has 0 aliphatic carbocycles. The second-order valence-electron chi connectivity index (χ2n) is 8.10. The van der Waals surface area contributed by atoms with Crippen molar-refractivity contribution >= 4 is 5.69 Å². The van der Waals surface area contributed by atoms with Crippen LogP contribution in [0, 0.1) is 6.92 Å². The van der Waals surface area contributed by atoms with Gasteiger partial charge in [-0.25, -0.2) is 0 Å². The van der Waals surface area contributed by atoms with Gasteiger partial charge in [-0.05, 0) is 47.4 Å². The minimum absolute atomic E-state index is 0.290. The van der Waals surface area contributed by atoms with E-state index < -0.39 is 11.7 Å². The van der Waals surface area contributed by atoms with Crippen LogP contribution in [0.15, 0.2) is 103 Å². The Morgan fingerprint density at radius 3 is 1.94 bits per heavy atom. The van der Waals surface area contributed by atoms with Gasteiger partial charge in [0.05, 0.1) is 17.6 Å². The normalized spacial score (nSPS) is 13.4. The molecule has 0 amide bonds. The molecule has 0 aliphatic rings. The van der Waals surface area contributed by atoms with Gasteiger partial charge in [0.15, 0.2) is 0 Å². The maximum atomic E-state index is 13.5. The molecule has 4 aromatic carbocycles. The maximum absolute atomic E-state index is 13.5. The van der Waals surface area contributed by atoms with Crippen molar-refractivity contribution in [1.29, 1.82) is 0 Å². The van der Waals surface area contributed by atoms with Crippen LogP contribution in [0.2, 0.25) is 0 Å². The van der Waals surface area contributed by atoms with Gasteiger partial charge in [0, 0.05) is 11.3 Å². The number of alkyl halides is 3. The van der Waals surface area contributed by atoms with Gasteiger partial charge < -0.3 is 11.1 Å². The molecule has 0 bridgehead atoms. The molecule has 0 aliphatic heterocycles. The predicted molar refractivity (Wildman–Crippen MR) is 128 cm³/mol. The summed E-state index contributed by atoms with van der Waals surface area (Å²) < 4.78 is 40.4. The molecule has 2 atom stereocenters. The molecule has 0 saturated heterocycles. The Hall–Kier alpha value is -3.57. The van der Waals surface area contributed by atoms with E-state index in [2.05, 4.69) is 5.32 Å². The lowest BCUT2D eigenvalue weighted by molar-refractivity contribution is -0.137. The SMILES string of the molecule is Cc1cc(-c2ccccc2N[C@@H](c2ccccc2)[C@@H](N)c2ccccc2)cc(C(F)(F)F)c1. The van der Waals surface area contributed by atoms with Gasteiger partial charge in [-0.1, -0.05) is 84.9 Å². The molecule has 4 rings (SSSR count). The molecule has 0 saturated carbocycles. The van der Waals surface area contributed by atoms with Gasteiger partial charge >= 0.3 is 6.18 Å².